The van der Waals surface area contributed by atoms with Gasteiger partial charge in [-0.05, 0) is 68.3 Å². The second-order valence-corrected chi connectivity index (χ2v) is 7.96. The first kappa shape index (κ1) is 19.4. The van der Waals surface area contributed by atoms with Crippen LogP contribution in [-0.2, 0) is 10.2 Å². The van der Waals surface area contributed by atoms with Gasteiger partial charge in [-0.25, -0.2) is 4.39 Å². The lowest BCUT2D eigenvalue weighted by Gasteiger charge is -2.38. The Kier molecular flexibility index (Phi) is 5.45. The Balaban J connectivity index is 1.60. The Hall–Kier alpha value is -1.89. The predicted octanol–water partition coefficient (Wildman–Crippen LogP) is 3.55. The van der Waals surface area contributed by atoms with Crippen LogP contribution in [0.1, 0.15) is 37.0 Å². The zero-order chi connectivity index (χ0) is 19.7. The number of fused-ring (bicyclic) bond motifs is 1. The van der Waals surface area contributed by atoms with Crippen LogP contribution in [-0.4, -0.2) is 37.7 Å². The van der Waals surface area contributed by atoms with E-state index in [9.17, 15) is 4.39 Å². The molecule has 7 heteroatoms. The van der Waals surface area contributed by atoms with Gasteiger partial charge in [0.05, 0.1) is 18.2 Å². The fraction of sp³-hybridized carbons (Fsp3) is 0.381. The predicted molar refractivity (Wildman–Crippen MR) is 111 cm³/mol. The van der Waals surface area contributed by atoms with Crippen LogP contribution in [0.25, 0.3) is 10.9 Å². The summed E-state index contributed by atoms with van der Waals surface area (Å²) in [6.07, 6.45) is 1.66. The smallest absolute Gasteiger partial charge is 0.141 e. The molecule has 3 aromatic rings. The van der Waals surface area contributed by atoms with Crippen molar-refractivity contribution in [3.63, 3.8) is 0 Å². The summed E-state index contributed by atoms with van der Waals surface area (Å²) < 4.78 is 19.8. The van der Waals surface area contributed by atoms with E-state index >= 15 is 0 Å². The highest BCUT2D eigenvalue weighted by Gasteiger charge is 2.35. The van der Waals surface area contributed by atoms with Crippen LogP contribution < -0.4 is 10.9 Å². The van der Waals surface area contributed by atoms with Crippen molar-refractivity contribution in [2.75, 3.05) is 19.7 Å². The normalized spacial score (nSPS) is 17.7. The Morgan fingerprint density at radius 3 is 2.68 bits per heavy atom. The van der Waals surface area contributed by atoms with Gasteiger partial charge in [0.15, 0.2) is 0 Å². The van der Waals surface area contributed by atoms with Crippen LogP contribution in [0.5, 0.6) is 0 Å². The molecule has 1 aliphatic rings. The van der Waals surface area contributed by atoms with Gasteiger partial charge in [-0.2, -0.15) is 5.10 Å². The van der Waals surface area contributed by atoms with Gasteiger partial charge >= 0.3 is 0 Å². The van der Waals surface area contributed by atoms with Gasteiger partial charge in [0.2, 0.25) is 0 Å². The van der Waals surface area contributed by atoms with E-state index in [4.69, 9.17) is 24.2 Å². The first-order valence-corrected chi connectivity index (χ1v) is 9.88. The van der Waals surface area contributed by atoms with Crippen LogP contribution in [0.3, 0.4) is 0 Å². The molecule has 1 atom stereocenters. The summed E-state index contributed by atoms with van der Waals surface area (Å²) in [7, 11) is 5.96. The quantitative estimate of drug-likeness (QED) is 0.647. The van der Waals surface area contributed by atoms with Crippen molar-refractivity contribution in [1.82, 2.24) is 15.5 Å². The van der Waals surface area contributed by atoms with E-state index in [1.54, 1.807) is 6.07 Å². The summed E-state index contributed by atoms with van der Waals surface area (Å²) in [5.74, 6) is -0.223. The van der Waals surface area contributed by atoms with Crippen molar-refractivity contribution in [3.05, 3.63) is 58.4 Å². The van der Waals surface area contributed by atoms with E-state index in [-0.39, 0.29) is 17.3 Å². The van der Waals surface area contributed by atoms with Crippen LogP contribution in [0.4, 0.5) is 4.39 Å². The van der Waals surface area contributed by atoms with E-state index in [0.29, 0.717) is 17.2 Å². The average molecular weight is 398 g/mol. The number of H-pyrrole nitrogens is 1. The number of piperidine rings is 1. The molecule has 1 saturated heterocycles. The number of aromatic nitrogens is 2. The lowest BCUT2D eigenvalue weighted by atomic mass is 9.74. The summed E-state index contributed by atoms with van der Waals surface area (Å²) in [6, 6.07) is 10.5. The molecular formula is C21H22BClFN3O. The van der Waals surface area contributed by atoms with Crippen LogP contribution in [0.15, 0.2) is 36.4 Å². The number of benzene rings is 2. The largest absolute Gasteiger partial charge is 0.373 e. The standard InChI is InChI=1S/C21H22BClFN3O/c1-13(17-10-15(23)11-18-19(17)26-27-20(18)22)28-12-21(6-8-25-9-7-21)14-2-4-16(24)5-3-14/h2-5,10-11,13,25H,6-9,12H2,1H3,(H,26,27)/t13-/m1/s1. The molecule has 2 aromatic carbocycles. The molecule has 2 heterocycles. The van der Waals surface area contributed by atoms with Crippen molar-refractivity contribution in [3.8, 4) is 0 Å². The minimum absolute atomic E-state index is 0.143. The van der Waals surface area contributed by atoms with E-state index in [1.165, 1.54) is 12.1 Å². The zero-order valence-electron chi connectivity index (χ0n) is 15.8. The summed E-state index contributed by atoms with van der Waals surface area (Å²) in [5, 5.41) is 11.9. The van der Waals surface area contributed by atoms with Gasteiger partial charge in [0.25, 0.3) is 0 Å². The lowest BCUT2D eigenvalue weighted by molar-refractivity contribution is 0.0172. The fourth-order valence-electron chi connectivity index (χ4n) is 4.04. The first-order chi connectivity index (χ1) is 13.5. The summed E-state index contributed by atoms with van der Waals surface area (Å²) >= 11 is 6.29. The fourth-order valence-corrected chi connectivity index (χ4v) is 4.26. The molecule has 0 saturated carbocycles. The van der Waals surface area contributed by atoms with Gasteiger partial charge in [-0.1, -0.05) is 23.7 Å². The van der Waals surface area contributed by atoms with Crippen molar-refractivity contribution in [2.45, 2.75) is 31.3 Å². The molecule has 2 radical (unpaired) electrons. The second kappa shape index (κ2) is 7.86. The number of nitrogens with zero attached hydrogens (tertiary/aromatic N) is 1. The van der Waals surface area contributed by atoms with E-state index in [0.717, 1.165) is 48.0 Å². The van der Waals surface area contributed by atoms with E-state index in [1.807, 2.05) is 25.1 Å². The SMILES string of the molecule is [B]c1[nH]nc2c([C@@H](C)OCC3(c4ccc(F)cc4)CCNCC3)cc(Cl)cc12. The number of rotatable bonds is 5. The maximum absolute atomic E-state index is 13.4. The minimum atomic E-state index is -0.223. The molecule has 0 amide bonds. The van der Waals surface area contributed by atoms with Crippen LogP contribution >= 0.6 is 11.6 Å². The van der Waals surface area contributed by atoms with Crippen LogP contribution in [0, 0.1) is 5.82 Å². The Morgan fingerprint density at radius 2 is 1.96 bits per heavy atom. The van der Waals surface area contributed by atoms with Crippen LogP contribution in [0.2, 0.25) is 5.02 Å². The molecule has 0 bridgehead atoms. The molecule has 2 N–H and O–H groups in total. The van der Waals surface area contributed by atoms with Gasteiger partial charge < -0.3 is 10.1 Å². The Morgan fingerprint density at radius 1 is 1.25 bits per heavy atom. The van der Waals surface area contributed by atoms with Crippen molar-refractivity contribution in [2.24, 2.45) is 0 Å². The minimum Gasteiger partial charge on any atom is -0.373 e. The average Bonchev–Trinajstić information content (AvgIpc) is 3.07. The first-order valence-electron chi connectivity index (χ1n) is 9.50. The van der Waals surface area contributed by atoms with Crippen molar-refractivity contribution >= 4 is 35.9 Å². The number of aromatic amines is 1. The van der Waals surface area contributed by atoms with E-state index < -0.39 is 0 Å². The monoisotopic (exact) mass is 397 g/mol. The van der Waals surface area contributed by atoms with Gasteiger partial charge in [-0.3, -0.25) is 5.10 Å². The number of ether oxygens (including phenoxy) is 1. The summed E-state index contributed by atoms with van der Waals surface area (Å²) in [5.41, 5.74) is 3.14. The molecule has 1 aliphatic heterocycles. The third-order valence-electron chi connectivity index (χ3n) is 5.75. The maximum Gasteiger partial charge on any atom is 0.141 e. The number of hydrogen-bond donors (Lipinski definition) is 2. The van der Waals surface area contributed by atoms with Crippen molar-refractivity contribution in [1.29, 1.82) is 0 Å². The zero-order valence-corrected chi connectivity index (χ0v) is 16.5. The highest BCUT2D eigenvalue weighted by Crippen LogP contribution is 2.36. The summed E-state index contributed by atoms with van der Waals surface area (Å²) in [4.78, 5) is 0. The molecule has 0 spiro atoms. The highest BCUT2D eigenvalue weighted by molar-refractivity contribution is 6.38. The Labute approximate surface area is 170 Å². The molecule has 1 fully saturated rings. The molecule has 4 nitrogen and oxygen atoms in total. The molecule has 28 heavy (non-hydrogen) atoms. The Bertz CT molecular complexity index is 970. The second-order valence-electron chi connectivity index (χ2n) is 7.52. The van der Waals surface area contributed by atoms with Gasteiger partial charge in [0.1, 0.15) is 13.7 Å². The van der Waals surface area contributed by atoms with E-state index in [2.05, 4.69) is 15.5 Å². The van der Waals surface area contributed by atoms with Crippen molar-refractivity contribution < 1.29 is 9.13 Å². The van der Waals surface area contributed by atoms with Gasteiger partial charge in [0, 0.05) is 21.4 Å². The number of nitrogens with one attached hydrogen (secondary N) is 2. The maximum atomic E-state index is 13.4. The number of halogens is 2. The van der Waals surface area contributed by atoms with Gasteiger partial charge in [-0.15, -0.1) is 0 Å². The molecule has 4 rings (SSSR count). The third kappa shape index (κ3) is 3.69. The molecular weight excluding hydrogens is 376 g/mol. The molecule has 1 aromatic heterocycles. The molecule has 0 aliphatic carbocycles. The topological polar surface area (TPSA) is 49.9 Å². The summed E-state index contributed by atoms with van der Waals surface area (Å²) in [6.45, 7) is 4.35. The molecule has 144 valence electrons. The molecule has 0 unspecified atom stereocenters. The number of hydrogen-bond acceptors (Lipinski definition) is 3. The lowest BCUT2D eigenvalue weighted by Crippen LogP contribution is -2.43. The third-order valence-corrected chi connectivity index (χ3v) is 5.97. The highest BCUT2D eigenvalue weighted by atomic mass is 35.5.